The van der Waals surface area contributed by atoms with E-state index in [9.17, 15) is 13.6 Å². The van der Waals surface area contributed by atoms with Gasteiger partial charge in [-0.05, 0) is 48.9 Å². The Balaban J connectivity index is 2.37. The summed E-state index contributed by atoms with van der Waals surface area (Å²) < 4.78 is 27.7. The Kier molecular flexibility index (Phi) is 4.18. The van der Waals surface area contributed by atoms with Crippen molar-refractivity contribution >= 4 is 27.5 Å². The first-order valence-corrected chi connectivity index (χ1v) is 6.68. The number of anilines is 1. The van der Waals surface area contributed by atoms with Crippen molar-refractivity contribution in [2.75, 3.05) is 11.9 Å². The van der Waals surface area contributed by atoms with Gasteiger partial charge in [0.25, 0.3) is 5.91 Å². The van der Waals surface area contributed by atoms with E-state index in [1.807, 2.05) is 6.92 Å². The molecule has 0 N–H and O–H groups in total. The smallest absolute Gasteiger partial charge is 0.261 e. The van der Waals surface area contributed by atoms with Crippen molar-refractivity contribution < 1.29 is 13.6 Å². The molecule has 0 saturated carbocycles. The number of carbonyl (C=O) groups is 1. The fourth-order valence-corrected chi connectivity index (χ4v) is 2.04. The number of benzene rings is 2. The molecule has 2 aromatic rings. The van der Waals surface area contributed by atoms with Gasteiger partial charge < -0.3 is 4.90 Å². The number of rotatable bonds is 2. The lowest BCUT2D eigenvalue weighted by atomic mass is 10.1. The zero-order valence-electron chi connectivity index (χ0n) is 11.0. The SMILES string of the molecule is Cc1cc(N(C)C(=O)c2cc(F)ccc2F)ccc1Br. The molecule has 0 aliphatic rings. The van der Waals surface area contributed by atoms with Crippen molar-refractivity contribution in [3.8, 4) is 0 Å². The van der Waals surface area contributed by atoms with Crippen molar-refractivity contribution in [2.24, 2.45) is 0 Å². The fraction of sp³-hybridized carbons (Fsp3) is 0.133. The van der Waals surface area contributed by atoms with Crippen LogP contribution >= 0.6 is 15.9 Å². The Morgan fingerprint density at radius 2 is 1.85 bits per heavy atom. The molecule has 2 nitrogen and oxygen atoms in total. The van der Waals surface area contributed by atoms with E-state index in [2.05, 4.69) is 15.9 Å². The molecular weight excluding hydrogens is 328 g/mol. The summed E-state index contributed by atoms with van der Waals surface area (Å²) in [5.74, 6) is -1.98. The van der Waals surface area contributed by atoms with Gasteiger partial charge in [0.05, 0.1) is 5.56 Å². The molecule has 0 atom stereocenters. The lowest BCUT2D eigenvalue weighted by molar-refractivity contribution is 0.0988. The molecular formula is C15H12BrF2NO. The average Bonchev–Trinajstić information content (AvgIpc) is 2.43. The number of hydrogen-bond acceptors (Lipinski definition) is 1. The fourth-order valence-electron chi connectivity index (χ4n) is 1.80. The maximum Gasteiger partial charge on any atom is 0.261 e. The Bertz CT molecular complexity index is 673. The number of amides is 1. The Labute approximate surface area is 124 Å². The van der Waals surface area contributed by atoms with Gasteiger partial charge in [0.15, 0.2) is 0 Å². The van der Waals surface area contributed by atoms with E-state index in [1.54, 1.807) is 18.2 Å². The molecule has 0 saturated heterocycles. The molecule has 104 valence electrons. The summed E-state index contributed by atoms with van der Waals surface area (Å²) in [5.41, 5.74) is 1.27. The van der Waals surface area contributed by atoms with Gasteiger partial charge in [-0.1, -0.05) is 15.9 Å². The minimum Gasteiger partial charge on any atom is -0.311 e. The van der Waals surface area contributed by atoms with Crippen LogP contribution in [0.1, 0.15) is 15.9 Å². The van der Waals surface area contributed by atoms with Crippen LogP contribution in [-0.4, -0.2) is 13.0 Å². The lowest BCUT2D eigenvalue weighted by Crippen LogP contribution is -2.27. The minimum absolute atomic E-state index is 0.284. The third-order valence-corrected chi connectivity index (χ3v) is 3.88. The van der Waals surface area contributed by atoms with Gasteiger partial charge in [-0.3, -0.25) is 4.79 Å². The molecule has 0 radical (unpaired) electrons. The normalized spacial score (nSPS) is 10.4. The minimum atomic E-state index is -0.739. The van der Waals surface area contributed by atoms with Crippen molar-refractivity contribution in [1.82, 2.24) is 0 Å². The molecule has 0 aliphatic heterocycles. The molecule has 1 amide bonds. The predicted octanol–water partition coefficient (Wildman–Crippen LogP) is 4.31. The highest BCUT2D eigenvalue weighted by Crippen LogP contribution is 2.24. The Morgan fingerprint density at radius 3 is 2.50 bits per heavy atom. The van der Waals surface area contributed by atoms with Gasteiger partial charge in [0.1, 0.15) is 11.6 Å². The number of carbonyl (C=O) groups excluding carboxylic acids is 1. The summed E-state index contributed by atoms with van der Waals surface area (Å²) in [7, 11) is 1.52. The van der Waals surface area contributed by atoms with Crippen LogP contribution in [0.4, 0.5) is 14.5 Å². The van der Waals surface area contributed by atoms with Crippen LogP contribution < -0.4 is 4.90 Å². The zero-order chi connectivity index (χ0) is 14.9. The summed E-state index contributed by atoms with van der Waals surface area (Å²) in [6.07, 6.45) is 0. The first-order valence-electron chi connectivity index (χ1n) is 5.89. The highest BCUT2D eigenvalue weighted by molar-refractivity contribution is 9.10. The van der Waals surface area contributed by atoms with Crippen molar-refractivity contribution in [3.63, 3.8) is 0 Å². The molecule has 20 heavy (non-hydrogen) atoms. The molecule has 0 bridgehead atoms. The molecule has 0 aromatic heterocycles. The summed E-state index contributed by atoms with van der Waals surface area (Å²) in [6.45, 7) is 1.88. The molecule has 0 aliphatic carbocycles. The largest absolute Gasteiger partial charge is 0.311 e. The van der Waals surface area contributed by atoms with Crippen LogP contribution in [0.2, 0.25) is 0 Å². The first kappa shape index (κ1) is 14.7. The van der Waals surface area contributed by atoms with E-state index in [-0.39, 0.29) is 5.56 Å². The van der Waals surface area contributed by atoms with Crippen LogP contribution in [0.5, 0.6) is 0 Å². The lowest BCUT2D eigenvalue weighted by Gasteiger charge is -2.18. The van der Waals surface area contributed by atoms with Crippen molar-refractivity contribution in [2.45, 2.75) is 6.92 Å². The Morgan fingerprint density at radius 1 is 1.15 bits per heavy atom. The van der Waals surface area contributed by atoms with E-state index in [0.29, 0.717) is 5.69 Å². The molecule has 2 rings (SSSR count). The maximum absolute atomic E-state index is 13.6. The van der Waals surface area contributed by atoms with Crippen LogP contribution in [-0.2, 0) is 0 Å². The summed E-state index contributed by atoms with van der Waals surface area (Å²) >= 11 is 3.37. The van der Waals surface area contributed by atoms with E-state index in [4.69, 9.17) is 0 Å². The van der Waals surface area contributed by atoms with E-state index in [1.165, 1.54) is 11.9 Å². The predicted molar refractivity (Wildman–Crippen MR) is 78.0 cm³/mol. The van der Waals surface area contributed by atoms with E-state index < -0.39 is 17.5 Å². The first-order chi connectivity index (χ1) is 9.40. The number of nitrogens with zero attached hydrogens (tertiary/aromatic N) is 1. The van der Waals surface area contributed by atoms with E-state index >= 15 is 0 Å². The molecule has 2 aromatic carbocycles. The molecule has 0 spiro atoms. The van der Waals surface area contributed by atoms with Gasteiger partial charge in [-0.2, -0.15) is 0 Å². The molecule has 0 fully saturated rings. The second-order valence-electron chi connectivity index (χ2n) is 4.42. The molecule has 5 heteroatoms. The van der Waals surface area contributed by atoms with Gasteiger partial charge in [0, 0.05) is 17.2 Å². The van der Waals surface area contributed by atoms with Gasteiger partial charge in [-0.25, -0.2) is 8.78 Å². The summed E-state index contributed by atoms with van der Waals surface area (Å²) in [4.78, 5) is 13.5. The molecule has 0 heterocycles. The third kappa shape index (κ3) is 2.88. The Hall–Kier alpha value is -1.75. The topological polar surface area (TPSA) is 20.3 Å². The highest BCUT2D eigenvalue weighted by atomic mass is 79.9. The second kappa shape index (κ2) is 5.71. The number of halogens is 3. The van der Waals surface area contributed by atoms with E-state index in [0.717, 1.165) is 28.2 Å². The van der Waals surface area contributed by atoms with Crippen LogP contribution in [0.25, 0.3) is 0 Å². The van der Waals surface area contributed by atoms with Crippen LogP contribution in [0.15, 0.2) is 40.9 Å². The van der Waals surface area contributed by atoms with Gasteiger partial charge in [-0.15, -0.1) is 0 Å². The summed E-state index contributed by atoms with van der Waals surface area (Å²) in [5, 5.41) is 0. The van der Waals surface area contributed by atoms with Crippen LogP contribution in [0.3, 0.4) is 0 Å². The highest BCUT2D eigenvalue weighted by Gasteiger charge is 2.18. The second-order valence-corrected chi connectivity index (χ2v) is 5.28. The molecule has 0 unspecified atom stereocenters. The standard InChI is InChI=1S/C15H12BrF2NO/c1-9-7-11(4-5-13(9)16)19(2)15(20)12-8-10(17)3-6-14(12)18/h3-8H,1-2H3. The zero-order valence-corrected chi connectivity index (χ0v) is 12.5. The van der Waals surface area contributed by atoms with Crippen LogP contribution in [0, 0.1) is 18.6 Å². The summed E-state index contributed by atoms with van der Waals surface area (Å²) in [6, 6.07) is 8.15. The monoisotopic (exact) mass is 339 g/mol. The maximum atomic E-state index is 13.6. The average molecular weight is 340 g/mol. The quantitative estimate of drug-likeness (QED) is 0.798. The number of hydrogen-bond donors (Lipinski definition) is 0. The van der Waals surface area contributed by atoms with Gasteiger partial charge >= 0.3 is 0 Å². The van der Waals surface area contributed by atoms with Crippen molar-refractivity contribution in [3.05, 3.63) is 63.6 Å². The van der Waals surface area contributed by atoms with Crippen molar-refractivity contribution in [1.29, 1.82) is 0 Å². The number of aryl methyl sites for hydroxylation is 1. The third-order valence-electron chi connectivity index (χ3n) is 2.99. The van der Waals surface area contributed by atoms with Gasteiger partial charge in [0.2, 0.25) is 0 Å².